The average molecular weight is 560 g/mol. The monoisotopic (exact) mass is 558 g/mol. The maximum absolute atomic E-state index is 8.75. The van der Waals surface area contributed by atoms with Gasteiger partial charge in [-0.25, -0.2) is 0 Å². The van der Waals surface area contributed by atoms with Crippen molar-refractivity contribution in [3.8, 4) is 12.1 Å². The number of nitriles is 2. The van der Waals surface area contributed by atoms with Crippen LogP contribution in [0.1, 0.15) is 12.8 Å². The van der Waals surface area contributed by atoms with Crippen molar-refractivity contribution in [1.82, 2.24) is 0 Å². The van der Waals surface area contributed by atoms with Crippen molar-refractivity contribution in [3.63, 3.8) is 0 Å². The molecule has 0 atom stereocenters. The first-order valence-electron chi connectivity index (χ1n) is 6.76. The molecule has 0 N–H and O–H groups in total. The molecule has 2 heterocycles. The molecule has 0 radical (unpaired) electrons. The molecule has 0 aromatic rings. The fourth-order valence-corrected chi connectivity index (χ4v) is 11.7. The lowest BCUT2D eigenvalue weighted by atomic mass is 10.6. The molecule has 0 spiro atoms. The summed E-state index contributed by atoms with van der Waals surface area (Å²) in [4.78, 5) is 2.76. The van der Waals surface area contributed by atoms with Crippen LogP contribution in [-0.4, -0.2) is 22.2 Å². The Morgan fingerprint density at radius 3 is 1.54 bits per heavy atom. The largest absolute Gasteiger partial charge is 0.198 e. The number of halogens is 2. The highest BCUT2D eigenvalue weighted by molar-refractivity contribution is 9.09. The second-order valence-corrected chi connectivity index (χ2v) is 12.8. The molecule has 2 aliphatic rings. The quantitative estimate of drug-likeness (QED) is 0.224. The van der Waals surface area contributed by atoms with Gasteiger partial charge in [0.1, 0.15) is 0 Å². The van der Waals surface area contributed by atoms with Gasteiger partial charge in [0.15, 0.2) is 0 Å². The van der Waals surface area contributed by atoms with Gasteiger partial charge in [-0.15, -0.1) is 23.5 Å². The van der Waals surface area contributed by atoms with E-state index in [1.165, 1.54) is 26.8 Å². The van der Waals surface area contributed by atoms with E-state index in [1.54, 1.807) is 23.5 Å². The summed E-state index contributed by atoms with van der Waals surface area (Å²) in [6.45, 7) is 0. The molecule has 0 aromatic carbocycles. The summed E-state index contributed by atoms with van der Waals surface area (Å²) in [7, 11) is 0. The standard InChI is InChI=1S/C14H12Br2N2S6/c15-7-9-10(8-16)22-13(21-9)14-23-11(19-5-1-3-17)12(24-14)20-6-2-4-18/h1-2,5-8H2. The van der Waals surface area contributed by atoms with Crippen LogP contribution in [-0.2, 0) is 0 Å². The molecule has 2 aliphatic heterocycles. The van der Waals surface area contributed by atoms with Crippen LogP contribution in [0.5, 0.6) is 0 Å². The maximum Gasteiger partial charge on any atom is 0.0717 e. The third-order valence-electron chi connectivity index (χ3n) is 2.58. The number of alkyl halides is 2. The highest BCUT2D eigenvalue weighted by atomic mass is 79.9. The first-order valence-corrected chi connectivity index (χ1v) is 14.2. The van der Waals surface area contributed by atoms with E-state index in [2.05, 4.69) is 44.0 Å². The van der Waals surface area contributed by atoms with E-state index in [0.717, 1.165) is 22.2 Å². The van der Waals surface area contributed by atoms with Gasteiger partial charge in [-0.05, 0) is 0 Å². The molecule has 2 nitrogen and oxygen atoms in total. The van der Waals surface area contributed by atoms with Crippen LogP contribution in [0.2, 0.25) is 0 Å². The predicted molar refractivity (Wildman–Crippen MR) is 124 cm³/mol. The number of thioether (sulfide) groups is 6. The van der Waals surface area contributed by atoms with Crippen LogP contribution in [0.3, 0.4) is 0 Å². The molecular formula is C14H12Br2N2S6. The Bertz CT molecular complexity index is 607. The van der Waals surface area contributed by atoms with Gasteiger partial charge in [0, 0.05) is 44.8 Å². The number of nitrogens with zero attached hydrogens (tertiary/aromatic N) is 2. The lowest BCUT2D eigenvalue weighted by Crippen LogP contribution is -1.79. The van der Waals surface area contributed by atoms with E-state index in [1.807, 2.05) is 47.0 Å². The lowest BCUT2D eigenvalue weighted by molar-refractivity contribution is 1.24. The van der Waals surface area contributed by atoms with Gasteiger partial charge < -0.3 is 0 Å². The van der Waals surface area contributed by atoms with Crippen molar-refractivity contribution in [2.24, 2.45) is 0 Å². The zero-order valence-corrected chi connectivity index (χ0v) is 20.4. The van der Waals surface area contributed by atoms with Crippen molar-refractivity contribution in [3.05, 3.63) is 26.8 Å². The van der Waals surface area contributed by atoms with Crippen LogP contribution in [0.25, 0.3) is 0 Å². The molecule has 128 valence electrons. The first kappa shape index (κ1) is 21.6. The van der Waals surface area contributed by atoms with Crippen LogP contribution < -0.4 is 0 Å². The van der Waals surface area contributed by atoms with Crippen LogP contribution in [0, 0.1) is 22.7 Å². The summed E-state index contributed by atoms with van der Waals surface area (Å²) >= 11 is 18.0. The fraction of sp³-hybridized carbons (Fsp3) is 0.429. The van der Waals surface area contributed by atoms with Gasteiger partial charge in [0.2, 0.25) is 0 Å². The molecule has 24 heavy (non-hydrogen) atoms. The number of allylic oxidation sites excluding steroid dienone is 2. The SMILES string of the molecule is N#CCCSC1=C(SCCC#N)SC(=C2SC(CBr)=C(CBr)S2)S1. The number of hydrogen-bond donors (Lipinski definition) is 0. The fourth-order valence-electron chi connectivity index (χ4n) is 1.56. The highest BCUT2D eigenvalue weighted by Gasteiger charge is 2.29. The lowest BCUT2D eigenvalue weighted by Gasteiger charge is -2.02. The minimum atomic E-state index is 0.563. The number of hydrogen-bond acceptors (Lipinski definition) is 8. The van der Waals surface area contributed by atoms with E-state index in [-0.39, 0.29) is 0 Å². The van der Waals surface area contributed by atoms with Crippen molar-refractivity contribution in [2.45, 2.75) is 12.8 Å². The van der Waals surface area contributed by atoms with Crippen molar-refractivity contribution in [2.75, 3.05) is 22.2 Å². The van der Waals surface area contributed by atoms with E-state index in [9.17, 15) is 0 Å². The van der Waals surface area contributed by atoms with Crippen LogP contribution in [0.15, 0.2) is 26.8 Å². The van der Waals surface area contributed by atoms with Crippen LogP contribution in [0.4, 0.5) is 0 Å². The Hall–Kier alpha value is 1.26. The second kappa shape index (κ2) is 11.9. The van der Waals surface area contributed by atoms with Gasteiger partial charge in [-0.2, -0.15) is 10.5 Å². The van der Waals surface area contributed by atoms with Crippen LogP contribution >= 0.6 is 102 Å². The summed E-state index contributed by atoms with van der Waals surface area (Å²) < 4.78 is 5.26. The van der Waals surface area contributed by atoms with Gasteiger partial charge in [0.25, 0.3) is 0 Å². The minimum absolute atomic E-state index is 0.563. The topological polar surface area (TPSA) is 47.6 Å². The van der Waals surface area contributed by atoms with Crippen molar-refractivity contribution >= 4 is 102 Å². The Kier molecular flexibility index (Phi) is 10.7. The van der Waals surface area contributed by atoms with Gasteiger partial charge >= 0.3 is 0 Å². The normalized spacial score (nSPS) is 17.7. The summed E-state index contributed by atoms with van der Waals surface area (Å²) in [5.41, 5.74) is 0. The third kappa shape index (κ3) is 6.16. The third-order valence-corrected chi connectivity index (χ3v) is 13.2. The van der Waals surface area contributed by atoms with Crippen molar-refractivity contribution in [1.29, 1.82) is 10.5 Å². The zero-order chi connectivity index (χ0) is 17.4. The average Bonchev–Trinajstić information content (AvgIpc) is 3.19. The van der Waals surface area contributed by atoms with Gasteiger partial charge in [-0.3, -0.25) is 0 Å². The highest BCUT2D eigenvalue weighted by Crippen LogP contribution is 2.63. The Morgan fingerprint density at radius 2 is 1.17 bits per heavy atom. The molecule has 0 bridgehead atoms. The molecule has 0 fully saturated rings. The first-order chi connectivity index (χ1) is 11.7. The Balaban J connectivity index is 2.07. The molecule has 0 aliphatic carbocycles. The second-order valence-electron chi connectivity index (χ2n) is 4.18. The molecule has 2 rings (SSSR count). The molecule has 0 unspecified atom stereocenters. The molecule has 10 heteroatoms. The maximum atomic E-state index is 8.75. The molecule has 0 amide bonds. The smallest absolute Gasteiger partial charge is 0.0717 e. The van der Waals surface area contributed by atoms with Gasteiger partial charge in [-0.1, -0.05) is 78.9 Å². The molecule has 0 saturated carbocycles. The summed E-state index contributed by atoms with van der Waals surface area (Å²) in [6.07, 6.45) is 1.13. The van der Waals surface area contributed by atoms with Gasteiger partial charge in [0.05, 0.1) is 29.1 Å². The Labute approximate surface area is 185 Å². The molecule has 0 aromatic heterocycles. The zero-order valence-electron chi connectivity index (χ0n) is 12.3. The molecular weight excluding hydrogens is 548 g/mol. The predicted octanol–water partition coefficient (Wildman–Crippen LogP) is 7.49. The van der Waals surface area contributed by atoms with E-state index in [0.29, 0.717) is 12.8 Å². The summed E-state index contributed by atoms with van der Waals surface area (Å²) in [5.74, 6) is 1.64. The summed E-state index contributed by atoms with van der Waals surface area (Å²) in [6, 6.07) is 4.41. The van der Waals surface area contributed by atoms with E-state index >= 15 is 0 Å². The minimum Gasteiger partial charge on any atom is -0.198 e. The van der Waals surface area contributed by atoms with Crippen molar-refractivity contribution < 1.29 is 0 Å². The van der Waals surface area contributed by atoms with E-state index in [4.69, 9.17) is 10.5 Å². The van der Waals surface area contributed by atoms with E-state index < -0.39 is 0 Å². The molecule has 0 saturated heterocycles. The Morgan fingerprint density at radius 1 is 0.750 bits per heavy atom. The summed E-state index contributed by atoms with van der Waals surface area (Å²) in [5, 5.41) is 19.3. The number of rotatable bonds is 8.